The highest BCUT2D eigenvalue weighted by Gasteiger charge is 2.42. The molecule has 2 unspecified atom stereocenters. The topological polar surface area (TPSA) is 102 Å². The smallest absolute Gasteiger partial charge is 0.356 e. The van der Waals surface area contributed by atoms with Gasteiger partial charge in [0.05, 0.1) is 25.1 Å². The zero-order valence-electron chi connectivity index (χ0n) is 19.2. The lowest BCUT2D eigenvalue weighted by atomic mass is 9.98. The summed E-state index contributed by atoms with van der Waals surface area (Å²) in [7, 11) is 0. The molecule has 2 aromatic heterocycles. The third-order valence-corrected chi connectivity index (χ3v) is 7.43. The number of aromatic carboxylic acids is 1. The fraction of sp³-hybridized carbons (Fsp3) is 0.462. The van der Waals surface area contributed by atoms with Crippen LogP contribution in [0.5, 0.6) is 0 Å². The first kappa shape index (κ1) is 21.3. The molecule has 2 saturated heterocycles. The standard InChI is InChI=1S/C26H28N4O4/c1-15-4-2-3-5-20(15)24-21(25(34-29-24)16-6-7-16)14-33-19-10-17-8-9-18(11-19)30(17)23-13-27-12-22(28-23)26(31)32/h2-5,12-13,16-19H,6-11,14H2,1H3,(H,31,32)/t17-,18?,19?/m0/s1. The summed E-state index contributed by atoms with van der Waals surface area (Å²) in [6.45, 7) is 2.60. The summed E-state index contributed by atoms with van der Waals surface area (Å²) < 4.78 is 12.3. The Morgan fingerprint density at radius 2 is 1.91 bits per heavy atom. The summed E-state index contributed by atoms with van der Waals surface area (Å²) >= 11 is 0. The van der Waals surface area contributed by atoms with Crippen LogP contribution in [0, 0.1) is 6.92 Å². The van der Waals surface area contributed by atoms with E-state index < -0.39 is 5.97 Å². The lowest BCUT2D eigenvalue weighted by molar-refractivity contribution is 0.0145. The number of aryl methyl sites for hydroxylation is 1. The quantitative estimate of drug-likeness (QED) is 0.540. The molecule has 176 valence electrons. The molecular formula is C26H28N4O4. The summed E-state index contributed by atoms with van der Waals surface area (Å²) in [6, 6.07) is 8.83. The molecule has 2 aliphatic heterocycles. The Bertz CT molecular complexity index is 1210. The van der Waals surface area contributed by atoms with Crippen LogP contribution in [0.3, 0.4) is 0 Å². The van der Waals surface area contributed by atoms with E-state index in [1.807, 2.05) is 12.1 Å². The summed E-state index contributed by atoms with van der Waals surface area (Å²) in [5.74, 6) is 1.05. The van der Waals surface area contributed by atoms with Crippen LogP contribution in [-0.4, -0.2) is 44.4 Å². The molecule has 0 radical (unpaired) electrons. The molecule has 1 saturated carbocycles. The molecule has 0 amide bonds. The molecule has 1 N–H and O–H groups in total. The van der Waals surface area contributed by atoms with Crippen molar-refractivity contribution in [1.82, 2.24) is 15.1 Å². The predicted octanol–water partition coefficient (Wildman–Crippen LogP) is 4.73. The fourth-order valence-electron chi connectivity index (χ4n) is 5.60. The van der Waals surface area contributed by atoms with Crippen molar-refractivity contribution in [3.05, 3.63) is 59.2 Å². The third-order valence-electron chi connectivity index (χ3n) is 7.43. The van der Waals surface area contributed by atoms with Crippen LogP contribution in [0.15, 0.2) is 41.2 Å². The van der Waals surface area contributed by atoms with Gasteiger partial charge in [0, 0.05) is 29.1 Å². The van der Waals surface area contributed by atoms with Gasteiger partial charge < -0.3 is 19.3 Å². The maximum absolute atomic E-state index is 11.3. The molecule has 3 atom stereocenters. The van der Waals surface area contributed by atoms with Gasteiger partial charge in [0.2, 0.25) is 0 Å². The van der Waals surface area contributed by atoms with E-state index in [4.69, 9.17) is 9.26 Å². The Morgan fingerprint density at radius 1 is 1.15 bits per heavy atom. The van der Waals surface area contributed by atoms with Gasteiger partial charge in [0.1, 0.15) is 17.3 Å². The Balaban J connectivity index is 1.19. The van der Waals surface area contributed by atoms with E-state index in [9.17, 15) is 9.90 Å². The van der Waals surface area contributed by atoms with E-state index >= 15 is 0 Å². The molecule has 8 heteroatoms. The zero-order valence-corrected chi connectivity index (χ0v) is 19.2. The summed E-state index contributed by atoms with van der Waals surface area (Å²) in [5, 5.41) is 13.8. The number of aromatic nitrogens is 3. The molecule has 34 heavy (non-hydrogen) atoms. The van der Waals surface area contributed by atoms with Gasteiger partial charge in [-0.1, -0.05) is 29.4 Å². The van der Waals surface area contributed by atoms with Crippen LogP contribution in [0.1, 0.15) is 71.8 Å². The zero-order chi connectivity index (χ0) is 23.2. The first-order chi connectivity index (χ1) is 16.6. The number of anilines is 1. The molecule has 3 aromatic rings. The molecule has 3 fully saturated rings. The van der Waals surface area contributed by atoms with Crippen LogP contribution in [0.4, 0.5) is 5.82 Å². The number of carbonyl (C=O) groups is 1. The van der Waals surface area contributed by atoms with Crippen molar-refractivity contribution in [3.63, 3.8) is 0 Å². The van der Waals surface area contributed by atoms with E-state index in [0.717, 1.165) is 61.1 Å². The monoisotopic (exact) mass is 460 g/mol. The number of carboxylic acid groups (broad SMARTS) is 1. The molecule has 1 aliphatic carbocycles. The minimum atomic E-state index is -1.05. The Labute approximate surface area is 198 Å². The normalized spacial score (nSPS) is 23.9. The van der Waals surface area contributed by atoms with Gasteiger partial charge in [-0.25, -0.2) is 9.78 Å². The minimum absolute atomic E-state index is 0.0147. The van der Waals surface area contributed by atoms with Crippen molar-refractivity contribution in [2.24, 2.45) is 0 Å². The molecular weight excluding hydrogens is 432 g/mol. The van der Waals surface area contributed by atoms with Crippen molar-refractivity contribution < 1.29 is 19.2 Å². The molecule has 3 aliphatic rings. The van der Waals surface area contributed by atoms with Crippen molar-refractivity contribution >= 4 is 11.8 Å². The lowest BCUT2D eigenvalue weighted by Crippen LogP contribution is -2.46. The SMILES string of the molecule is Cc1ccccc1-c1noc(C2CC2)c1COC1CC2CC[C@@H](C1)N2c1cncc(C(=O)O)n1. The van der Waals surface area contributed by atoms with Crippen molar-refractivity contribution in [2.75, 3.05) is 4.90 Å². The first-order valence-corrected chi connectivity index (χ1v) is 12.1. The highest BCUT2D eigenvalue weighted by atomic mass is 16.5. The van der Waals surface area contributed by atoms with E-state index in [1.54, 1.807) is 6.20 Å². The average molecular weight is 461 g/mol. The Hall–Kier alpha value is -3.26. The number of piperidine rings is 1. The maximum Gasteiger partial charge on any atom is 0.356 e. The van der Waals surface area contributed by atoms with Crippen LogP contribution in [0.25, 0.3) is 11.3 Å². The van der Waals surface area contributed by atoms with Gasteiger partial charge >= 0.3 is 5.97 Å². The number of hydrogen-bond donors (Lipinski definition) is 1. The second-order valence-electron chi connectivity index (χ2n) is 9.73. The van der Waals surface area contributed by atoms with E-state index in [1.165, 1.54) is 11.8 Å². The molecule has 2 bridgehead atoms. The summed E-state index contributed by atoms with van der Waals surface area (Å²) in [5.41, 5.74) is 4.26. The fourth-order valence-corrected chi connectivity index (χ4v) is 5.60. The van der Waals surface area contributed by atoms with Crippen molar-refractivity contribution in [1.29, 1.82) is 0 Å². The molecule has 1 aromatic carbocycles. The van der Waals surface area contributed by atoms with Gasteiger partial charge in [-0.05, 0) is 51.0 Å². The van der Waals surface area contributed by atoms with Crippen molar-refractivity contribution in [3.8, 4) is 11.3 Å². The Morgan fingerprint density at radius 3 is 2.62 bits per heavy atom. The summed E-state index contributed by atoms with van der Waals surface area (Å²) in [4.78, 5) is 22.1. The number of ether oxygens (including phenoxy) is 1. The second-order valence-corrected chi connectivity index (χ2v) is 9.73. The number of nitrogens with zero attached hydrogens (tertiary/aromatic N) is 4. The average Bonchev–Trinajstić information content (AvgIpc) is 3.54. The molecule has 0 spiro atoms. The van der Waals surface area contributed by atoms with Gasteiger partial charge in [0.25, 0.3) is 0 Å². The number of hydrogen-bond acceptors (Lipinski definition) is 7. The summed E-state index contributed by atoms with van der Waals surface area (Å²) in [6.07, 6.45) is 9.28. The van der Waals surface area contributed by atoms with E-state index in [-0.39, 0.29) is 23.9 Å². The first-order valence-electron chi connectivity index (χ1n) is 12.1. The number of benzene rings is 1. The number of fused-ring (bicyclic) bond motifs is 2. The largest absolute Gasteiger partial charge is 0.476 e. The third kappa shape index (κ3) is 3.86. The number of carboxylic acids is 1. The van der Waals surface area contributed by atoms with Crippen LogP contribution in [0.2, 0.25) is 0 Å². The van der Waals surface area contributed by atoms with Gasteiger partial charge in [-0.2, -0.15) is 0 Å². The van der Waals surface area contributed by atoms with Crippen LogP contribution < -0.4 is 4.90 Å². The molecule has 4 heterocycles. The van der Waals surface area contributed by atoms with E-state index in [0.29, 0.717) is 18.3 Å². The molecule has 6 rings (SSSR count). The highest BCUT2D eigenvalue weighted by molar-refractivity contribution is 5.85. The maximum atomic E-state index is 11.3. The number of rotatable bonds is 7. The molecule has 8 nitrogen and oxygen atoms in total. The van der Waals surface area contributed by atoms with Gasteiger partial charge in [0.15, 0.2) is 5.69 Å². The predicted molar refractivity (Wildman–Crippen MR) is 125 cm³/mol. The van der Waals surface area contributed by atoms with E-state index in [2.05, 4.69) is 39.1 Å². The minimum Gasteiger partial charge on any atom is -0.476 e. The van der Waals surface area contributed by atoms with Gasteiger partial charge in [-0.15, -0.1) is 0 Å². The van der Waals surface area contributed by atoms with Gasteiger partial charge in [-0.3, -0.25) is 4.98 Å². The second kappa shape index (κ2) is 8.51. The Kier molecular flexibility index (Phi) is 5.32. The van der Waals surface area contributed by atoms with Crippen molar-refractivity contribution in [2.45, 2.75) is 76.2 Å². The highest BCUT2D eigenvalue weighted by Crippen LogP contribution is 2.45. The lowest BCUT2D eigenvalue weighted by Gasteiger charge is -2.39. The van der Waals surface area contributed by atoms with Crippen LogP contribution in [-0.2, 0) is 11.3 Å². The van der Waals surface area contributed by atoms with Crippen LogP contribution >= 0.6 is 0 Å².